The number of hydrogen-bond donors (Lipinski definition) is 2. The van der Waals surface area contributed by atoms with Crippen LogP contribution in [0.2, 0.25) is 0 Å². The lowest BCUT2D eigenvalue weighted by Crippen LogP contribution is -2.25. The molecule has 0 aromatic heterocycles. The summed E-state index contributed by atoms with van der Waals surface area (Å²) in [5.41, 5.74) is 1.22. The Morgan fingerprint density at radius 2 is 1.64 bits per heavy atom. The first-order valence-corrected chi connectivity index (χ1v) is 8.34. The van der Waals surface area contributed by atoms with Crippen LogP contribution in [-0.2, 0) is 16.4 Å². The van der Waals surface area contributed by atoms with Gasteiger partial charge in [-0.1, -0.05) is 30.3 Å². The molecule has 0 radical (unpaired) electrons. The molecular weight excluding hydrogens is 302 g/mol. The van der Waals surface area contributed by atoms with E-state index < -0.39 is 16.0 Å². The molecule has 5 nitrogen and oxygen atoms in total. The van der Waals surface area contributed by atoms with E-state index in [1.807, 2.05) is 30.3 Å². The van der Waals surface area contributed by atoms with Crippen LogP contribution < -0.4 is 4.72 Å². The number of carbonyl (C=O) groups is 1. The Morgan fingerprint density at radius 3 is 2.23 bits per heavy atom. The van der Waals surface area contributed by atoms with Crippen molar-refractivity contribution in [2.45, 2.75) is 17.7 Å². The van der Waals surface area contributed by atoms with Crippen LogP contribution in [0.5, 0.6) is 0 Å². The van der Waals surface area contributed by atoms with Gasteiger partial charge in [0.2, 0.25) is 10.0 Å². The van der Waals surface area contributed by atoms with Gasteiger partial charge in [0.05, 0.1) is 10.5 Å². The molecule has 116 valence electrons. The van der Waals surface area contributed by atoms with Crippen molar-refractivity contribution in [1.82, 2.24) is 4.72 Å². The summed E-state index contributed by atoms with van der Waals surface area (Å²) < 4.78 is 26.7. The summed E-state index contributed by atoms with van der Waals surface area (Å²) in [5, 5.41) is 8.80. The summed E-state index contributed by atoms with van der Waals surface area (Å²) in [6.07, 6.45) is 1.48. The summed E-state index contributed by atoms with van der Waals surface area (Å²) in [5.74, 6) is -1.08. The number of hydrogen-bond acceptors (Lipinski definition) is 3. The molecule has 0 atom stereocenters. The van der Waals surface area contributed by atoms with Crippen LogP contribution in [0.4, 0.5) is 0 Å². The highest BCUT2D eigenvalue weighted by Gasteiger charge is 2.14. The molecule has 0 aliphatic rings. The second-order valence-corrected chi connectivity index (χ2v) is 6.58. The third-order valence-corrected chi connectivity index (χ3v) is 4.67. The minimum atomic E-state index is -3.60. The minimum absolute atomic E-state index is 0.0584. The monoisotopic (exact) mass is 319 g/mol. The first kappa shape index (κ1) is 16.2. The maximum absolute atomic E-state index is 12.1. The molecule has 0 fully saturated rings. The number of sulfonamides is 1. The highest BCUT2D eigenvalue weighted by atomic mass is 32.2. The molecular formula is C16H17NO4S. The molecule has 6 heteroatoms. The Hall–Kier alpha value is -2.18. The molecule has 0 spiro atoms. The van der Waals surface area contributed by atoms with E-state index in [1.54, 1.807) is 0 Å². The van der Waals surface area contributed by atoms with E-state index in [4.69, 9.17) is 5.11 Å². The van der Waals surface area contributed by atoms with Crippen molar-refractivity contribution in [2.75, 3.05) is 6.54 Å². The van der Waals surface area contributed by atoms with Crippen molar-refractivity contribution < 1.29 is 18.3 Å². The van der Waals surface area contributed by atoms with Crippen molar-refractivity contribution in [3.05, 3.63) is 65.7 Å². The van der Waals surface area contributed by atoms with Crippen LogP contribution >= 0.6 is 0 Å². The maximum atomic E-state index is 12.1. The van der Waals surface area contributed by atoms with Crippen LogP contribution in [0.15, 0.2) is 59.5 Å². The molecule has 2 aromatic carbocycles. The zero-order valence-corrected chi connectivity index (χ0v) is 12.7. The molecule has 2 N–H and O–H groups in total. The van der Waals surface area contributed by atoms with Gasteiger partial charge in [0.15, 0.2) is 0 Å². The molecule has 22 heavy (non-hydrogen) atoms. The molecule has 0 bridgehead atoms. The molecule has 0 saturated heterocycles. The van der Waals surface area contributed by atoms with Crippen molar-refractivity contribution in [2.24, 2.45) is 0 Å². The second-order valence-electron chi connectivity index (χ2n) is 4.82. The molecule has 0 heterocycles. The average molecular weight is 319 g/mol. The van der Waals surface area contributed by atoms with Gasteiger partial charge in [-0.3, -0.25) is 0 Å². The number of rotatable bonds is 7. The third-order valence-electron chi connectivity index (χ3n) is 3.19. The highest BCUT2D eigenvalue weighted by Crippen LogP contribution is 2.11. The molecule has 0 amide bonds. The normalized spacial score (nSPS) is 11.3. The standard InChI is InChI=1S/C16H17NO4S/c18-16(19)14-8-10-15(11-9-14)22(20,21)17-12-4-7-13-5-2-1-3-6-13/h1-3,5-6,8-11,17H,4,7,12H2,(H,18,19). The van der Waals surface area contributed by atoms with Gasteiger partial charge in [0.25, 0.3) is 0 Å². The number of nitrogens with one attached hydrogen (secondary N) is 1. The van der Waals surface area contributed by atoms with E-state index in [9.17, 15) is 13.2 Å². The summed E-state index contributed by atoms with van der Waals surface area (Å²) in [6.45, 7) is 0.331. The molecule has 2 aromatic rings. The smallest absolute Gasteiger partial charge is 0.335 e. The van der Waals surface area contributed by atoms with Crippen LogP contribution in [0, 0.1) is 0 Å². The molecule has 0 saturated carbocycles. The van der Waals surface area contributed by atoms with Crippen molar-refractivity contribution in [3.63, 3.8) is 0 Å². The highest BCUT2D eigenvalue weighted by molar-refractivity contribution is 7.89. The van der Waals surface area contributed by atoms with E-state index in [-0.39, 0.29) is 10.5 Å². The maximum Gasteiger partial charge on any atom is 0.335 e. The Labute approximate surface area is 129 Å². The quantitative estimate of drug-likeness (QED) is 0.767. The zero-order valence-electron chi connectivity index (χ0n) is 11.9. The van der Waals surface area contributed by atoms with E-state index in [2.05, 4.69) is 4.72 Å². The minimum Gasteiger partial charge on any atom is -0.478 e. The van der Waals surface area contributed by atoms with Gasteiger partial charge < -0.3 is 5.11 Å². The Bertz CT molecular complexity index is 725. The Kier molecular flexibility index (Phi) is 5.30. The van der Waals surface area contributed by atoms with Gasteiger partial charge in [-0.25, -0.2) is 17.9 Å². The molecule has 0 aliphatic carbocycles. The predicted octanol–water partition coefficient (Wildman–Crippen LogP) is 2.30. The van der Waals surface area contributed by atoms with E-state index in [1.165, 1.54) is 24.3 Å². The first-order chi connectivity index (χ1) is 10.5. The lowest BCUT2D eigenvalue weighted by Gasteiger charge is -2.07. The predicted molar refractivity (Wildman–Crippen MR) is 83.4 cm³/mol. The fourth-order valence-corrected chi connectivity index (χ4v) is 3.08. The fourth-order valence-electron chi connectivity index (χ4n) is 2.00. The van der Waals surface area contributed by atoms with Gasteiger partial charge in [-0.15, -0.1) is 0 Å². The third kappa shape index (κ3) is 4.41. The van der Waals surface area contributed by atoms with Crippen molar-refractivity contribution in [3.8, 4) is 0 Å². The zero-order chi connectivity index (χ0) is 16.0. The van der Waals surface area contributed by atoms with Gasteiger partial charge in [0.1, 0.15) is 0 Å². The number of carboxylic acids is 1. The van der Waals surface area contributed by atoms with Crippen LogP contribution in [-0.4, -0.2) is 26.0 Å². The topological polar surface area (TPSA) is 83.5 Å². The SMILES string of the molecule is O=C(O)c1ccc(S(=O)(=O)NCCCc2ccccc2)cc1. The number of aryl methyl sites for hydroxylation is 1. The van der Waals surface area contributed by atoms with Gasteiger partial charge >= 0.3 is 5.97 Å². The van der Waals surface area contributed by atoms with Crippen molar-refractivity contribution >= 4 is 16.0 Å². The number of carboxylic acid groups (broad SMARTS) is 1. The van der Waals surface area contributed by atoms with E-state index >= 15 is 0 Å². The van der Waals surface area contributed by atoms with Crippen LogP contribution in [0.25, 0.3) is 0 Å². The lowest BCUT2D eigenvalue weighted by atomic mass is 10.1. The van der Waals surface area contributed by atoms with Crippen LogP contribution in [0.3, 0.4) is 0 Å². The molecule has 0 aliphatic heterocycles. The lowest BCUT2D eigenvalue weighted by molar-refractivity contribution is 0.0696. The van der Waals surface area contributed by atoms with Gasteiger partial charge in [0, 0.05) is 6.54 Å². The second kappa shape index (κ2) is 7.20. The number of benzene rings is 2. The van der Waals surface area contributed by atoms with E-state index in [0.717, 1.165) is 12.0 Å². The fraction of sp³-hybridized carbons (Fsp3) is 0.188. The van der Waals surface area contributed by atoms with Crippen LogP contribution in [0.1, 0.15) is 22.3 Å². The Balaban J connectivity index is 1.89. The van der Waals surface area contributed by atoms with Crippen molar-refractivity contribution in [1.29, 1.82) is 0 Å². The summed E-state index contributed by atoms with van der Waals surface area (Å²) in [6, 6.07) is 15.0. The molecule has 2 rings (SSSR count). The summed E-state index contributed by atoms with van der Waals surface area (Å²) in [7, 11) is -3.60. The molecule has 0 unspecified atom stereocenters. The van der Waals surface area contributed by atoms with E-state index in [0.29, 0.717) is 13.0 Å². The average Bonchev–Trinajstić information content (AvgIpc) is 2.53. The number of aromatic carboxylic acids is 1. The first-order valence-electron chi connectivity index (χ1n) is 6.86. The summed E-state index contributed by atoms with van der Waals surface area (Å²) in [4.78, 5) is 10.8. The van der Waals surface area contributed by atoms with Gasteiger partial charge in [-0.2, -0.15) is 0 Å². The largest absolute Gasteiger partial charge is 0.478 e. The summed E-state index contributed by atoms with van der Waals surface area (Å²) >= 11 is 0. The van der Waals surface area contributed by atoms with Gasteiger partial charge in [-0.05, 0) is 42.7 Å². The Morgan fingerprint density at radius 1 is 1.00 bits per heavy atom.